The van der Waals surface area contributed by atoms with Crippen LogP contribution < -0.4 is 4.90 Å². The fraction of sp³-hybridized carbons (Fsp3) is 0. The zero-order valence-electron chi connectivity index (χ0n) is 27.9. The topological polar surface area (TPSA) is 3.24 Å². The smallest absolute Gasteiger partial charge is 0.0555 e. The monoisotopic (exact) mass is 715 g/mol. The van der Waals surface area contributed by atoms with Crippen LogP contribution >= 0.6 is 34.0 Å². The molecule has 0 amide bonds. The van der Waals surface area contributed by atoms with E-state index < -0.39 is 0 Å². The summed E-state index contributed by atoms with van der Waals surface area (Å²) in [5.41, 5.74) is 8.39. The third kappa shape index (κ3) is 4.65. The number of hydrogen-bond acceptors (Lipinski definition) is 4. The van der Waals surface area contributed by atoms with Crippen molar-refractivity contribution in [3.05, 3.63) is 176 Å². The molecule has 52 heavy (non-hydrogen) atoms. The lowest BCUT2D eigenvalue weighted by atomic mass is 9.94. The molecule has 0 atom stereocenters. The van der Waals surface area contributed by atoms with Gasteiger partial charge in [-0.25, -0.2) is 0 Å². The largest absolute Gasteiger partial charge is 0.310 e. The van der Waals surface area contributed by atoms with Gasteiger partial charge in [-0.1, -0.05) is 115 Å². The molecular formula is C48H29NS3. The second-order valence-electron chi connectivity index (χ2n) is 13.2. The Balaban J connectivity index is 1.16. The Morgan fingerprint density at radius 2 is 0.885 bits per heavy atom. The molecule has 1 nitrogen and oxygen atoms in total. The number of fused-ring (bicyclic) bond motifs is 10. The van der Waals surface area contributed by atoms with Crippen molar-refractivity contribution < 1.29 is 0 Å². The highest BCUT2D eigenvalue weighted by Gasteiger charge is 2.22. The lowest BCUT2D eigenvalue weighted by Crippen LogP contribution is -2.10. The maximum Gasteiger partial charge on any atom is 0.0555 e. The molecule has 0 spiro atoms. The van der Waals surface area contributed by atoms with Crippen molar-refractivity contribution >= 4 is 112 Å². The Labute approximate surface area is 312 Å². The van der Waals surface area contributed by atoms with E-state index in [-0.39, 0.29) is 0 Å². The second-order valence-corrected chi connectivity index (χ2v) is 16.5. The third-order valence-corrected chi connectivity index (χ3v) is 13.8. The zero-order valence-corrected chi connectivity index (χ0v) is 30.4. The molecule has 3 heterocycles. The van der Waals surface area contributed by atoms with E-state index in [1.165, 1.54) is 88.5 Å². The molecule has 0 radical (unpaired) electrons. The van der Waals surface area contributed by atoms with Crippen LogP contribution in [0.2, 0.25) is 0 Å². The first kappa shape index (κ1) is 29.9. The normalized spacial score (nSPS) is 11.8. The van der Waals surface area contributed by atoms with Crippen molar-refractivity contribution in [3.8, 4) is 22.3 Å². The van der Waals surface area contributed by atoms with Gasteiger partial charge in [0.2, 0.25) is 0 Å². The summed E-state index contributed by atoms with van der Waals surface area (Å²) < 4.78 is 7.96. The van der Waals surface area contributed by atoms with Crippen molar-refractivity contribution in [1.82, 2.24) is 0 Å². The maximum atomic E-state index is 2.49. The summed E-state index contributed by atoms with van der Waals surface area (Å²) in [5.74, 6) is 0. The first-order valence-corrected chi connectivity index (χ1v) is 20.0. The Morgan fingerprint density at radius 3 is 1.67 bits per heavy atom. The molecule has 0 aliphatic heterocycles. The highest BCUT2D eigenvalue weighted by Crippen LogP contribution is 2.50. The van der Waals surface area contributed by atoms with Gasteiger partial charge in [0.1, 0.15) is 0 Å². The summed E-state index contributed by atoms with van der Waals surface area (Å²) in [7, 11) is 0. The molecule has 0 aliphatic carbocycles. The van der Waals surface area contributed by atoms with Gasteiger partial charge < -0.3 is 4.90 Å². The summed E-state index contributed by atoms with van der Waals surface area (Å²) in [4.78, 5) is 2.49. The van der Waals surface area contributed by atoms with E-state index >= 15 is 0 Å². The van der Waals surface area contributed by atoms with Gasteiger partial charge in [-0.15, -0.1) is 34.0 Å². The van der Waals surface area contributed by atoms with Crippen LogP contribution in [0.4, 0.5) is 17.1 Å². The van der Waals surface area contributed by atoms with E-state index in [0.717, 1.165) is 11.4 Å². The van der Waals surface area contributed by atoms with Crippen LogP contribution in [0.25, 0.3) is 82.8 Å². The van der Waals surface area contributed by atoms with Gasteiger partial charge in [0.05, 0.1) is 5.69 Å². The van der Waals surface area contributed by atoms with E-state index in [0.29, 0.717) is 0 Å². The number of rotatable bonds is 5. The molecule has 0 fully saturated rings. The summed E-state index contributed by atoms with van der Waals surface area (Å²) >= 11 is 5.68. The van der Waals surface area contributed by atoms with E-state index in [1.54, 1.807) is 0 Å². The van der Waals surface area contributed by atoms with Crippen LogP contribution in [0.3, 0.4) is 0 Å². The van der Waals surface area contributed by atoms with E-state index in [2.05, 4.69) is 181 Å². The first-order chi connectivity index (χ1) is 25.8. The number of benzene rings is 8. The first-order valence-electron chi connectivity index (χ1n) is 17.5. The molecule has 8 aromatic carbocycles. The molecule has 0 aliphatic rings. The predicted molar refractivity (Wildman–Crippen MR) is 231 cm³/mol. The van der Waals surface area contributed by atoms with Crippen LogP contribution in [0, 0.1) is 0 Å². The summed E-state index contributed by atoms with van der Waals surface area (Å²) in [6, 6.07) is 64.7. The quantitative estimate of drug-likeness (QED) is 0.171. The average molecular weight is 716 g/mol. The van der Waals surface area contributed by atoms with Crippen molar-refractivity contribution in [2.75, 3.05) is 4.90 Å². The van der Waals surface area contributed by atoms with Crippen molar-refractivity contribution in [2.24, 2.45) is 0 Å². The molecule has 11 aromatic rings. The lowest BCUT2D eigenvalue weighted by Gasteiger charge is -2.27. The average Bonchev–Trinajstić information content (AvgIpc) is 3.90. The molecule has 0 bridgehead atoms. The summed E-state index contributed by atoms with van der Waals surface area (Å²) in [5, 5.41) is 7.94. The molecule has 0 saturated carbocycles. The third-order valence-electron chi connectivity index (χ3n) is 10.3. The van der Waals surface area contributed by atoms with Gasteiger partial charge in [-0.3, -0.25) is 0 Å². The maximum absolute atomic E-state index is 2.49. The molecule has 4 heteroatoms. The second kappa shape index (κ2) is 11.9. The van der Waals surface area contributed by atoms with Gasteiger partial charge in [0.25, 0.3) is 0 Å². The predicted octanol–water partition coefficient (Wildman–Crippen LogP) is 15.6. The van der Waals surface area contributed by atoms with E-state index in [9.17, 15) is 0 Å². The minimum atomic E-state index is 1.13. The minimum Gasteiger partial charge on any atom is -0.310 e. The highest BCUT2D eigenvalue weighted by molar-refractivity contribution is 7.30. The Morgan fingerprint density at radius 1 is 0.327 bits per heavy atom. The Kier molecular flexibility index (Phi) is 6.84. The van der Waals surface area contributed by atoms with Crippen molar-refractivity contribution in [3.63, 3.8) is 0 Å². The SMILES string of the molecule is c1ccc(-c2ccccc2-c2ccc(N(c3ccc4sc5ccccc5c4c3)c3cccc4sc5ccc6c7ccccc7sc6c5c34)cc2)cc1. The van der Waals surface area contributed by atoms with Crippen molar-refractivity contribution in [2.45, 2.75) is 0 Å². The minimum absolute atomic E-state index is 1.13. The van der Waals surface area contributed by atoms with Crippen LogP contribution in [0.1, 0.15) is 0 Å². The fourth-order valence-electron chi connectivity index (χ4n) is 7.93. The standard InChI is InChI=1S/C48H29NS3/c1-2-11-30(12-3-1)34-13-4-5-14-35(34)31-21-23-32(24-22-31)49(33-25-27-43-39(29-33)37-16-7-8-18-41(37)50-43)40-17-10-20-44-46(40)47-45(51-44)28-26-38-36-15-6-9-19-42(36)52-48(38)47/h1-29H. The van der Waals surface area contributed by atoms with Crippen LogP contribution in [-0.4, -0.2) is 0 Å². The summed E-state index contributed by atoms with van der Waals surface area (Å²) in [6.07, 6.45) is 0. The molecule has 3 aromatic heterocycles. The Hall–Kier alpha value is -5.78. The van der Waals surface area contributed by atoms with E-state index in [1.807, 2.05) is 34.0 Å². The number of nitrogens with zero attached hydrogens (tertiary/aromatic N) is 1. The fourth-order valence-corrected chi connectivity index (χ4v) is 11.5. The van der Waals surface area contributed by atoms with E-state index in [4.69, 9.17) is 0 Å². The van der Waals surface area contributed by atoms with Gasteiger partial charge in [0, 0.05) is 71.9 Å². The molecule has 0 unspecified atom stereocenters. The molecule has 0 saturated heterocycles. The van der Waals surface area contributed by atoms with Crippen LogP contribution in [0.5, 0.6) is 0 Å². The molecule has 0 N–H and O–H groups in total. The van der Waals surface area contributed by atoms with Gasteiger partial charge in [0.15, 0.2) is 0 Å². The number of hydrogen-bond donors (Lipinski definition) is 0. The van der Waals surface area contributed by atoms with Crippen LogP contribution in [0.15, 0.2) is 176 Å². The zero-order chi connectivity index (χ0) is 34.2. The molecule has 11 rings (SSSR count). The van der Waals surface area contributed by atoms with Gasteiger partial charge >= 0.3 is 0 Å². The lowest BCUT2D eigenvalue weighted by molar-refractivity contribution is 1.31. The van der Waals surface area contributed by atoms with Crippen molar-refractivity contribution in [1.29, 1.82) is 0 Å². The van der Waals surface area contributed by atoms with Crippen LogP contribution in [-0.2, 0) is 0 Å². The highest BCUT2D eigenvalue weighted by atomic mass is 32.1. The number of anilines is 3. The molecule has 244 valence electrons. The summed E-state index contributed by atoms with van der Waals surface area (Å²) in [6.45, 7) is 0. The molecular weight excluding hydrogens is 687 g/mol. The van der Waals surface area contributed by atoms with Gasteiger partial charge in [-0.2, -0.15) is 0 Å². The Bertz CT molecular complexity index is 3130. The van der Waals surface area contributed by atoms with Gasteiger partial charge in [-0.05, 0) is 82.9 Å². The number of thiophene rings is 3.